The Balaban J connectivity index is 1.71. The van der Waals surface area contributed by atoms with Gasteiger partial charge < -0.3 is 10.1 Å². The first-order valence-corrected chi connectivity index (χ1v) is 6.75. The lowest BCUT2D eigenvalue weighted by molar-refractivity contribution is 0.364. The Kier molecular flexibility index (Phi) is 5.11. The monoisotopic (exact) mass is 243 g/mol. The van der Waals surface area contributed by atoms with Crippen LogP contribution in [0.1, 0.15) is 31.2 Å². The molecule has 0 unspecified atom stereocenters. The maximum Gasteiger partial charge on any atom is 0.148 e. The minimum Gasteiger partial charge on any atom is -0.481 e. The van der Waals surface area contributed by atoms with Crippen molar-refractivity contribution in [1.82, 2.24) is 5.32 Å². The van der Waals surface area contributed by atoms with Gasteiger partial charge in [0.25, 0.3) is 0 Å². The number of ether oxygens (including phenoxy) is 1. The number of nitrogens with one attached hydrogen (secondary N) is 1. The Morgan fingerprint density at radius 3 is 2.94 bits per heavy atom. The average Bonchev–Trinajstić information content (AvgIpc) is 3.21. The molecule has 2 heteroatoms. The van der Waals surface area contributed by atoms with Gasteiger partial charge in [-0.1, -0.05) is 37.0 Å². The lowest BCUT2D eigenvalue weighted by atomic mass is 10.2. The fraction of sp³-hybridized carbons (Fsp3) is 0.500. The smallest absolute Gasteiger partial charge is 0.148 e. The molecule has 0 amide bonds. The van der Waals surface area contributed by atoms with Crippen molar-refractivity contribution in [3.8, 4) is 18.1 Å². The second-order valence-electron chi connectivity index (χ2n) is 4.86. The number of rotatable bonds is 8. The zero-order valence-electron chi connectivity index (χ0n) is 10.8. The van der Waals surface area contributed by atoms with Gasteiger partial charge in [-0.05, 0) is 31.4 Å². The van der Waals surface area contributed by atoms with Gasteiger partial charge in [0.05, 0.1) is 0 Å². The molecule has 0 aromatic heterocycles. The Morgan fingerprint density at radius 1 is 1.33 bits per heavy atom. The van der Waals surface area contributed by atoms with Crippen molar-refractivity contribution in [2.24, 2.45) is 5.92 Å². The highest BCUT2D eigenvalue weighted by atomic mass is 16.5. The molecule has 0 atom stereocenters. The Labute approximate surface area is 110 Å². The number of hydrogen-bond donors (Lipinski definition) is 1. The van der Waals surface area contributed by atoms with E-state index in [9.17, 15) is 0 Å². The van der Waals surface area contributed by atoms with Gasteiger partial charge in [0.2, 0.25) is 0 Å². The molecule has 1 aromatic carbocycles. The van der Waals surface area contributed by atoms with Crippen molar-refractivity contribution < 1.29 is 4.74 Å². The summed E-state index contributed by atoms with van der Waals surface area (Å²) in [7, 11) is 0. The van der Waals surface area contributed by atoms with Crippen LogP contribution in [-0.4, -0.2) is 13.2 Å². The first kappa shape index (κ1) is 13.0. The Hall–Kier alpha value is -1.46. The molecule has 0 radical (unpaired) electrons. The molecule has 2 nitrogen and oxygen atoms in total. The maximum atomic E-state index is 5.52. The summed E-state index contributed by atoms with van der Waals surface area (Å²) in [5.41, 5.74) is 1.18. The van der Waals surface area contributed by atoms with Crippen LogP contribution in [0.4, 0.5) is 0 Å². The molecule has 1 aliphatic carbocycles. The lowest BCUT2D eigenvalue weighted by Crippen LogP contribution is -2.15. The fourth-order valence-corrected chi connectivity index (χ4v) is 2.06. The van der Waals surface area contributed by atoms with E-state index in [-0.39, 0.29) is 0 Å². The average molecular weight is 243 g/mol. The topological polar surface area (TPSA) is 21.3 Å². The minimum atomic E-state index is 0.332. The summed E-state index contributed by atoms with van der Waals surface area (Å²) in [4.78, 5) is 0. The van der Waals surface area contributed by atoms with Crippen LogP contribution in [0.15, 0.2) is 24.3 Å². The molecule has 0 aliphatic heterocycles. The molecule has 1 N–H and O–H groups in total. The molecule has 0 saturated heterocycles. The van der Waals surface area contributed by atoms with Gasteiger partial charge in [-0.2, -0.15) is 0 Å². The quantitative estimate of drug-likeness (QED) is 0.560. The molecule has 18 heavy (non-hydrogen) atoms. The van der Waals surface area contributed by atoms with Crippen LogP contribution in [-0.2, 0) is 6.54 Å². The van der Waals surface area contributed by atoms with E-state index in [0.717, 1.165) is 24.8 Å². The molecule has 0 bridgehead atoms. The predicted molar refractivity (Wildman–Crippen MR) is 74.4 cm³/mol. The third-order valence-electron chi connectivity index (χ3n) is 3.26. The van der Waals surface area contributed by atoms with E-state index in [2.05, 4.69) is 17.3 Å². The molecular weight excluding hydrogens is 222 g/mol. The first-order chi connectivity index (χ1) is 8.90. The molecule has 1 aliphatic rings. The van der Waals surface area contributed by atoms with Gasteiger partial charge in [-0.3, -0.25) is 0 Å². The third kappa shape index (κ3) is 4.43. The Morgan fingerprint density at radius 2 is 2.17 bits per heavy atom. The van der Waals surface area contributed by atoms with E-state index in [4.69, 9.17) is 11.2 Å². The highest BCUT2D eigenvalue weighted by Crippen LogP contribution is 2.33. The standard InChI is InChI=1S/C16H21NO/c1-2-12-18-16-8-4-3-7-15(16)13-17-11-5-6-14-9-10-14/h1,3-4,7-8,14,17H,5-6,9-13H2. The van der Waals surface area contributed by atoms with E-state index < -0.39 is 0 Å². The summed E-state index contributed by atoms with van der Waals surface area (Å²) in [6.45, 7) is 2.27. The SMILES string of the molecule is C#CCOc1ccccc1CNCCCC1CC1. The second-order valence-corrected chi connectivity index (χ2v) is 4.86. The molecule has 0 heterocycles. The zero-order chi connectivity index (χ0) is 12.6. The number of benzene rings is 1. The summed E-state index contributed by atoms with van der Waals surface area (Å²) in [6.07, 6.45) is 10.8. The van der Waals surface area contributed by atoms with Gasteiger partial charge >= 0.3 is 0 Å². The lowest BCUT2D eigenvalue weighted by Gasteiger charge is -2.10. The zero-order valence-corrected chi connectivity index (χ0v) is 10.8. The Bertz CT molecular complexity index is 404. The van der Waals surface area contributed by atoms with E-state index in [0.29, 0.717) is 6.61 Å². The number of hydrogen-bond acceptors (Lipinski definition) is 2. The van der Waals surface area contributed by atoms with Crippen molar-refractivity contribution in [3.05, 3.63) is 29.8 Å². The van der Waals surface area contributed by atoms with Gasteiger partial charge in [0.1, 0.15) is 12.4 Å². The summed E-state index contributed by atoms with van der Waals surface area (Å²) in [6, 6.07) is 8.06. The van der Waals surface area contributed by atoms with Crippen LogP contribution in [0.5, 0.6) is 5.75 Å². The molecule has 96 valence electrons. The molecule has 1 aromatic rings. The molecule has 0 spiro atoms. The number of terminal acetylenes is 1. The fourth-order valence-electron chi connectivity index (χ4n) is 2.06. The van der Waals surface area contributed by atoms with Crippen LogP contribution in [0, 0.1) is 18.3 Å². The van der Waals surface area contributed by atoms with E-state index in [1.165, 1.54) is 31.2 Å². The molecular formula is C16H21NO. The van der Waals surface area contributed by atoms with Crippen LogP contribution in [0.2, 0.25) is 0 Å². The number of para-hydroxylation sites is 1. The normalized spacial score (nSPS) is 14.2. The van der Waals surface area contributed by atoms with Crippen molar-refractivity contribution in [2.75, 3.05) is 13.2 Å². The van der Waals surface area contributed by atoms with Crippen LogP contribution in [0.3, 0.4) is 0 Å². The first-order valence-electron chi connectivity index (χ1n) is 6.75. The van der Waals surface area contributed by atoms with E-state index in [1.807, 2.05) is 18.2 Å². The summed E-state index contributed by atoms with van der Waals surface area (Å²) >= 11 is 0. The van der Waals surface area contributed by atoms with Gasteiger partial charge in [0.15, 0.2) is 0 Å². The van der Waals surface area contributed by atoms with Crippen LogP contribution in [0.25, 0.3) is 0 Å². The highest BCUT2D eigenvalue weighted by Gasteiger charge is 2.19. The van der Waals surface area contributed by atoms with Crippen molar-refractivity contribution >= 4 is 0 Å². The van der Waals surface area contributed by atoms with Gasteiger partial charge in [-0.25, -0.2) is 0 Å². The minimum absolute atomic E-state index is 0.332. The van der Waals surface area contributed by atoms with Crippen molar-refractivity contribution in [3.63, 3.8) is 0 Å². The second kappa shape index (κ2) is 7.08. The van der Waals surface area contributed by atoms with Gasteiger partial charge in [-0.15, -0.1) is 6.42 Å². The van der Waals surface area contributed by atoms with Crippen molar-refractivity contribution in [2.45, 2.75) is 32.2 Å². The van der Waals surface area contributed by atoms with E-state index >= 15 is 0 Å². The largest absolute Gasteiger partial charge is 0.481 e. The molecule has 2 rings (SSSR count). The maximum absolute atomic E-state index is 5.52. The third-order valence-corrected chi connectivity index (χ3v) is 3.26. The summed E-state index contributed by atoms with van der Waals surface area (Å²) in [5.74, 6) is 4.42. The van der Waals surface area contributed by atoms with Crippen molar-refractivity contribution in [1.29, 1.82) is 0 Å². The predicted octanol–water partition coefficient (Wildman–Crippen LogP) is 2.98. The van der Waals surface area contributed by atoms with Gasteiger partial charge in [0, 0.05) is 12.1 Å². The van der Waals surface area contributed by atoms with Crippen LogP contribution >= 0.6 is 0 Å². The van der Waals surface area contributed by atoms with E-state index in [1.54, 1.807) is 0 Å². The molecule has 1 saturated carbocycles. The highest BCUT2D eigenvalue weighted by molar-refractivity contribution is 5.33. The summed E-state index contributed by atoms with van der Waals surface area (Å²) in [5, 5.41) is 3.47. The van der Waals surface area contributed by atoms with Crippen LogP contribution < -0.4 is 10.1 Å². The summed E-state index contributed by atoms with van der Waals surface area (Å²) < 4.78 is 5.52. The molecule has 1 fully saturated rings.